The van der Waals surface area contributed by atoms with Gasteiger partial charge in [0, 0.05) is 4.88 Å². The summed E-state index contributed by atoms with van der Waals surface area (Å²) in [6, 6.07) is 8.18. The van der Waals surface area contributed by atoms with Gasteiger partial charge in [-0.15, -0.1) is 11.3 Å². The molecule has 2 aromatic heterocycles. The van der Waals surface area contributed by atoms with Gasteiger partial charge in [-0.3, -0.25) is 4.79 Å². The highest BCUT2D eigenvalue weighted by molar-refractivity contribution is 7.15. The van der Waals surface area contributed by atoms with Gasteiger partial charge in [0.15, 0.2) is 10.8 Å². The summed E-state index contributed by atoms with van der Waals surface area (Å²) in [6.45, 7) is 3.58. The highest BCUT2D eigenvalue weighted by atomic mass is 32.1. The van der Waals surface area contributed by atoms with E-state index >= 15 is 0 Å². The number of carbonyl (C=O) groups is 1. The Labute approximate surface area is 130 Å². The lowest BCUT2D eigenvalue weighted by molar-refractivity contribution is 0.102. The van der Waals surface area contributed by atoms with Gasteiger partial charge in [-0.25, -0.2) is 9.37 Å². The Kier molecular flexibility index (Phi) is 3.77. The highest BCUT2D eigenvalue weighted by Gasteiger charge is 2.18. The van der Waals surface area contributed by atoms with E-state index in [1.54, 1.807) is 38.3 Å². The molecule has 1 amide bonds. The van der Waals surface area contributed by atoms with Crippen LogP contribution in [0.5, 0.6) is 0 Å². The summed E-state index contributed by atoms with van der Waals surface area (Å²) in [6.07, 6.45) is 1.55. The van der Waals surface area contributed by atoms with Crippen molar-refractivity contribution in [2.75, 3.05) is 5.32 Å². The lowest BCUT2D eigenvalue weighted by atomic mass is 10.2. The number of furan rings is 1. The predicted octanol–water partition coefficient (Wildman–Crippen LogP) is 4.41. The Morgan fingerprint density at radius 2 is 2.14 bits per heavy atom. The van der Waals surface area contributed by atoms with Crippen LogP contribution in [0.15, 0.2) is 41.0 Å². The first-order valence-corrected chi connectivity index (χ1v) is 7.45. The number of aryl methyl sites for hydroxylation is 2. The van der Waals surface area contributed by atoms with E-state index < -0.39 is 11.7 Å². The van der Waals surface area contributed by atoms with Crippen LogP contribution in [0.25, 0.3) is 10.8 Å². The quantitative estimate of drug-likeness (QED) is 0.778. The van der Waals surface area contributed by atoms with E-state index in [2.05, 4.69) is 10.3 Å². The van der Waals surface area contributed by atoms with Crippen LogP contribution in [-0.2, 0) is 0 Å². The molecule has 0 aliphatic rings. The van der Waals surface area contributed by atoms with Crippen LogP contribution < -0.4 is 5.32 Å². The number of hydrogen-bond donors (Lipinski definition) is 1. The van der Waals surface area contributed by atoms with Crippen molar-refractivity contribution in [2.45, 2.75) is 13.8 Å². The molecule has 3 rings (SSSR count). The summed E-state index contributed by atoms with van der Waals surface area (Å²) in [4.78, 5) is 17.3. The zero-order valence-electron chi connectivity index (χ0n) is 12.0. The van der Waals surface area contributed by atoms with Crippen LogP contribution >= 0.6 is 11.3 Å². The number of nitrogens with zero attached hydrogens (tertiary/aromatic N) is 1. The maximum absolute atomic E-state index is 13.8. The number of thiazole rings is 1. The normalized spacial score (nSPS) is 10.7. The summed E-state index contributed by atoms with van der Waals surface area (Å²) in [5.41, 5.74) is 1.21. The Bertz CT molecular complexity index is 825. The van der Waals surface area contributed by atoms with E-state index in [0.29, 0.717) is 10.8 Å². The molecule has 0 aliphatic carbocycles. The third-order valence-corrected chi connectivity index (χ3v) is 4.10. The van der Waals surface area contributed by atoms with Crippen molar-refractivity contribution >= 4 is 22.9 Å². The minimum Gasteiger partial charge on any atom is -0.462 e. The molecular formula is C16H13FN2O2S. The van der Waals surface area contributed by atoms with Crippen LogP contribution in [0, 0.1) is 19.7 Å². The van der Waals surface area contributed by atoms with E-state index in [9.17, 15) is 9.18 Å². The van der Waals surface area contributed by atoms with E-state index in [4.69, 9.17) is 4.42 Å². The molecule has 3 aromatic rings. The number of carbonyl (C=O) groups excluding carboxylic acids is 1. The van der Waals surface area contributed by atoms with Gasteiger partial charge >= 0.3 is 0 Å². The fourth-order valence-electron chi connectivity index (χ4n) is 2.02. The lowest BCUT2D eigenvalue weighted by Gasteiger charge is -2.06. The molecule has 0 radical (unpaired) electrons. The summed E-state index contributed by atoms with van der Waals surface area (Å²) >= 11 is 1.36. The molecule has 1 N–H and O–H groups in total. The van der Waals surface area contributed by atoms with Crippen LogP contribution in [-0.4, -0.2) is 10.9 Å². The average molecular weight is 316 g/mol. The molecule has 0 aliphatic heterocycles. The van der Waals surface area contributed by atoms with E-state index in [0.717, 1.165) is 10.4 Å². The fourth-order valence-corrected chi connectivity index (χ4v) is 2.89. The van der Waals surface area contributed by atoms with Gasteiger partial charge in [0.2, 0.25) is 0 Å². The predicted molar refractivity (Wildman–Crippen MR) is 83.6 cm³/mol. The van der Waals surface area contributed by atoms with Crippen LogP contribution in [0.4, 0.5) is 10.1 Å². The molecule has 0 atom stereocenters. The zero-order valence-corrected chi connectivity index (χ0v) is 12.8. The van der Waals surface area contributed by atoms with Crippen LogP contribution in [0.1, 0.15) is 20.9 Å². The van der Waals surface area contributed by atoms with Crippen molar-refractivity contribution in [2.24, 2.45) is 0 Å². The summed E-state index contributed by atoms with van der Waals surface area (Å²) in [5, 5.41) is 3.18. The van der Waals surface area contributed by atoms with E-state index in [1.165, 1.54) is 23.5 Å². The molecule has 0 bridgehead atoms. The summed E-state index contributed by atoms with van der Waals surface area (Å²) in [5.74, 6) is -0.296. The third kappa shape index (κ3) is 2.78. The summed E-state index contributed by atoms with van der Waals surface area (Å²) < 4.78 is 19.1. The third-order valence-electron chi connectivity index (χ3n) is 3.12. The van der Waals surface area contributed by atoms with Gasteiger partial charge in [-0.05, 0) is 43.7 Å². The smallest absolute Gasteiger partial charge is 0.275 e. The number of amides is 1. The Morgan fingerprint density at radius 1 is 1.32 bits per heavy atom. The van der Waals surface area contributed by atoms with Crippen molar-refractivity contribution in [3.8, 4) is 10.8 Å². The zero-order chi connectivity index (χ0) is 15.7. The minimum atomic E-state index is -0.465. The topological polar surface area (TPSA) is 55.1 Å². The van der Waals surface area contributed by atoms with Crippen LogP contribution in [0.2, 0.25) is 0 Å². The molecule has 0 unspecified atom stereocenters. The first-order chi connectivity index (χ1) is 10.5. The molecule has 4 nitrogen and oxygen atoms in total. The van der Waals surface area contributed by atoms with Gasteiger partial charge < -0.3 is 9.73 Å². The van der Waals surface area contributed by atoms with Gasteiger partial charge in [-0.2, -0.15) is 0 Å². The van der Waals surface area contributed by atoms with Gasteiger partial charge in [0.25, 0.3) is 5.91 Å². The van der Waals surface area contributed by atoms with Gasteiger partial charge in [0.1, 0.15) is 11.5 Å². The van der Waals surface area contributed by atoms with E-state index in [1.807, 2.05) is 0 Å². The molecule has 0 spiro atoms. The average Bonchev–Trinajstić information content (AvgIpc) is 3.10. The lowest BCUT2D eigenvalue weighted by Crippen LogP contribution is -2.14. The van der Waals surface area contributed by atoms with Crippen molar-refractivity contribution in [3.63, 3.8) is 0 Å². The molecule has 22 heavy (non-hydrogen) atoms. The molecule has 2 heterocycles. The molecular weight excluding hydrogens is 303 g/mol. The monoisotopic (exact) mass is 316 g/mol. The second-order valence-corrected chi connectivity index (χ2v) is 6.04. The largest absolute Gasteiger partial charge is 0.462 e. The number of halogens is 1. The second kappa shape index (κ2) is 5.73. The number of aromatic nitrogens is 1. The number of nitrogens with one attached hydrogen (secondary N) is 1. The van der Waals surface area contributed by atoms with Crippen molar-refractivity contribution in [1.29, 1.82) is 0 Å². The highest BCUT2D eigenvalue weighted by Crippen LogP contribution is 2.28. The number of rotatable bonds is 3. The van der Waals surface area contributed by atoms with Crippen molar-refractivity contribution in [1.82, 2.24) is 4.98 Å². The second-order valence-electron chi connectivity index (χ2n) is 4.84. The van der Waals surface area contributed by atoms with E-state index in [-0.39, 0.29) is 11.4 Å². The molecule has 0 saturated carbocycles. The Hall–Kier alpha value is -2.47. The standard InChI is InChI=1S/C16H13FN2O2S/c1-9-5-6-12(11(17)8-9)18-15(20)14-10(2)22-16(19-14)13-4-3-7-21-13/h3-8H,1-2H3,(H,18,20). The van der Waals surface area contributed by atoms with Crippen LogP contribution in [0.3, 0.4) is 0 Å². The molecule has 112 valence electrons. The first-order valence-electron chi connectivity index (χ1n) is 6.63. The van der Waals surface area contributed by atoms with Crippen molar-refractivity contribution in [3.05, 3.63) is 58.5 Å². The molecule has 0 saturated heterocycles. The number of anilines is 1. The maximum atomic E-state index is 13.8. The molecule has 6 heteroatoms. The number of hydrogen-bond acceptors (Lipinski definition) is 4. The Balaban J connectivity index is 1.86. The molecule has 0 fully saturated rings. The molecule has 1 aromatic carbocycles. The van der Waals surface area contributed by atoms with Gasteiger partial charge in [0.05, 0.1) is 12.0 Å². The van der Waals surface area contributed by atoms with Gasteiger partial charge in [-0.1, -0.05) is 6.07 Å². The number of benzene rings is 1. The maximum Gasteiger partial charge on any atom is 0.275 e. The van der Waals surface area contributed by atoms with Crippen molar-refractivity contribution < 1.29 is 13.6 Å². The summed E-state index contributed by atoms with van der Waals surface area (Å²) in [7, 11) is 0. The minimum absolute atomic E-state index is 0.141. The SMILES string of the molecule is Cc1ccc(NC(=O)c2nc(-c3ccco3)sc2C)c(F)c1. The fraction of sp³-hybridized carbons (Fsp3) is 0.125. The Morgan fingerprint density at radius 3 is 2.82 bits per heavy atom. The first kappa shape index (κ1) is 14.5.